The van der Waals surface area contributed by atoms with Gasteiger partial charge in [-0.15, -0.1) is 0 Å². The molecule has 1 aromatic heterocycles. The maximum Gasteiger partial charge on any atom is 0.205 e. The van der Waals surface area contributed by atoms with Gasteiger partial charge < -0.3 is 5.32 Å². The van der Waals surface area contributed by atoms with Gasteiger partial charge in [-0.3, -0.25) is 15.1 Å². The number of nitrogens with one attached hydrogen (secondary N) is 2. The number of nitrogens with zero attached hydrogens (tertiary/aromatic N) is 4. The number of aliphatic imine (C=N–C) groups is 1. The molecule has 1 heterocycles. The van der Waals surface area contributed by atoms with Crippen molar-refractivity contribution in [1.29, 1.82) is 0 Å². The fourth-order valence-electron chi connectivity index (χ4n) is 1.29. The number of hydrazine groups is 1. The Labute approximate surface area is 101 Å². The van der Waals surface area contributed by atoms with E-state index in [4.69, 9.17) is 5.84 Å². The lowest BCUT2D eigenvalue weighted by Gasteiger charge is -2.07. The minimum Gasteiger partial charge on any atom is -0.355 e. The van der Waals surface area contributed by atoms with Crippen LogP contribution >= 0.6 is 0 Å². The molecule has 0 aliphatic rings. The normalized spacial score (nSPS) is 11.6. The monoisotopic (exact) mass is 239 g/mol. The highest BCUT2D eigenvalue weighted by atomic mass is 15.3. The number of hydrogen-bond acceptors (Lipinski definition) is 4. The molecule has 1 rings (SSSR count). The first-order valence-corrected chi connectivity index (χ1v) is 5.85. The SMILES string of the molecule is CCCCN=C(NN)NCCc1ncn(C)n1. The van der Waals surface area contributed by atoms with Crippen molar-refractivity contribution in [1.82, 2.24) is 25.5 Å². The molecule has 0 atom stereocenters. The molecule has 0 unspecified atom stereocenters. The maximum absolute atomic E-state index is 5.36. The van der Waals surface area contributed by atoms with Crippen LogP contribution in [-0.4, -0.2) is 33.8 Å². The van der Waals surface area contributed by atoms with Gasteiger partial charge in [-0.1, -0.05) is 13.3 Å². The molecule has 0 amide bonds. The van der Waals surface area contributed by atoms with E-state index in [1.807, 2.05) is 7.05 Å². The average molecular weight is 239 g/mol. The zero-order valence-electron chi connectivity index (χ0n) is 10.5. The van der Waals surface area contributed by atoms with Gasteiger partial charge in [0.15, 0.2) is 5.82 Å². The molecule has 1 aromatic rings. The van der Waals surface area contributed by atoms with Crippen molar-refractivity contribution >= 4 is 5.96 Å². The third-order valence-electron chi connectivity index (χ3n) is 2.21. The Balaban J connectivity index is 2.25. The molecule has 4 N–H and O–H groups in total. The molecule has 0 bridgehead atoms. The topological polar surface area (TPSA) is 93.1 Å². The molecule has 0 saturated heterocycles. The molecule has 7 nitrogen and oxygen atoms in total. The van der Waals surface area contributed by atoms with E-state index < -0.39 is 0 Å². The highest BCUT2D eigenvalue weighted by Crippen LogP contribution is 1.89. The lowest BCUT2D eigenvalue weighted by molar-refractivity contribution is 0.721. The van der Waals surface area contributed by atoms with Crippen molar-refractivity contribution in [2.45, 2.75) is 26.2 Å². The first-order chi connectivity index (χ1) is 8.26. The smallest absolute Gasteiger partial charge is 0.205 e. The number of aryl methyl sites for hydroxylation is 1. The van der Waals surface area contributed by atoms with Crippen LogP contribution in [0, 0.1) is 0 Å². The summed E-state index contributed by atoms with van der Waals surface area (Å²) in [6.45, 7) is 3.62. The molecule has 0 saturated carbocycles. The van der Waals surface area contributed by atoms with Crippen LogP contribution in [0.15, 0.2) is 11.3 Å². The van der Waals surface area contributed by atoms with E-state index in [2.05, 4.69) is 32.7 Å². The molecule has 0 aromatic carbocycles. The second-order valence-electron chi connectivity index (χ2n) is 3.74. The van der Waals surface area contributed by atoms with E-state index in [0.717, 1.165) is 31.6 Å². The van der Waals surface area contributed by atoms with Crippen molar-refractivity contribution in [3.8, 4) is 0 Å². The van der Waals surface area contributed by atoms with Crippen molar-refractivity contribution < 1.29 is 0 Å². The predicted molar refractivity (Wildman–Crippen MR) is 67.2 cm³/mol. The summed E-state index contributed by atoms with van der Waals surface area (Å²) in [5.74, 6) is 6.79. The van der Waals surface area contributed by atoms with Crippen molar-refractivity contribution in [3.63, 3.8) is 0 Å². The van der Waals surface area contributed by atoms with Crippen LogP contribution in [0.2, 0.25) is 0 Å². The van der Waals surface area contributed by atoms with E-state index >= 15 is 0 Å². The van der Waals surface area contributed by atoms with Gasteiger partial charge >= 0.3 is 0 Å². The zero-order chi connectivity index (χ0) is 12.5. The molecular weight excluding hydrogens is 218 g/mol. The van der Waals surface area contributed by atoms with Crippen LogP contribution in [0.25, 0.3) is 0 Å². The highest BCUT2D eigenvalue weighted by molar-refractivity contribution is 5.79. The van der Waals surface area contributed by atoms with Crippen LogP contribution in [0.1, 0.15) is 25.6 Å². The molecule has 0 aliphatic carbocycles. The van der Waals surface area contributed by atoms with E-state index in [1.165, 1.54) is 0 Å². The number of guanidine groups is 1. The van der Waals surface area contributed by atoms with Crippen molar-refractivity contribution in [3.05, 3.63) is 12.2 Å². The van der Waals surface area contributed by atoms with Gasteiger partial charge in [-0.2, -0.15) is 5.10 Å². The van der Waals surface area contributed by atoms with E-state index in [9.17, 15) is 0 Å². The van der Waals surface area contributed by atoms with Crippen molar-refractivity contribution in [2.24, 2.45) is 17.9 Å². The summed E-state index contributed by atoms with van der Waals surface area (Å²) in [6.07, 6.45) is 4.62. The lowest BCUT2D eigenvalue weighted by atomic mass is 10.3. The molecule has 7 heteroatoms. The fourth-order valence-corrected chi connectivity index (χ4v) is 1.29. The number of rotatable bonds is 6. The Morgan fingerprint density at radius 3 is 3.00 bits per heavy atom. The minimum atomic E-state index is 0.620. The predicted octanol–water partition coefficient (Wildman–Crippen LogP) is -0.433. The summed E-state index contributed by atoms with van der Waals surface area (Å²) in [5, 5.41) is 7.29. The highest BCUT2D eigenvalue weighted by Gasteiger charge is 1.99. The van der Waals surface area contributed by atoms with Gasteiger partial charge in [0, 0.05) is 26.6 Å². The van der Waals surface area contributed by atoms with Crippen LogP contribution in [0.3, 0.4) is 0 Å². The summed E-state index contributed by atoms with van der Waals surface area (Å²) >= 11 is 0. The average Bonchev–Trinajstić information content (AvgIpc) is 2.73. The summed E-state index contributed by atoms with van der Waals surface area (Å²) in [4.78, 5) is 8.43. The Hall–Kier alpha value is -1.63. The van der Waals surface area contributed by atoms with E-state index in [-0.39, 0.29) is 0 Å². The van der Waals surface area contributed by atoms with Gasteiger partial charge in [0.05, 0.1) is 0 Å². The molecule has 0 fully saturated rings. The number of aromatic nitrogens is 3. The van der Waals surface area contributed by atoms with Gasteiger partial charge in [-0.05, 0) is 6.42 Å². The molecule has 0 aliphatic heterocycles. The van der Waals surface area contributed by atoms with E-state index in [1.54, 1.807) is 11.0 Å². The van der Waals surface area contributed by atoms with Crippen LogP contribution in [0.5, 0.6) is 0 Å². The minimum absolute atomic E-state index is 0.620. The third-order valence-corrected chi connectivity index (χ3v) is 2.21. The lowest BCUT2D eigenvalue weighted by Crippen LogP contribution is -2.42. The number of unbranched alkanes of at least 4 members (excludes halogenated alkanes) is 1. The van der Waals surface area contributed by atoms with Gasteiger partial charge in [0.1, 0.15) is 6.33 Å². The summed E-state index contributed by atoms with van der Waals surface area (Å²) in [7, 11) is 1.85. The van der Waals surface area contributed by atoms with Crippen LogP contribution < -0.4 is 16.6 Å². The second-order valence-corrected chi connectivity index (χ2v) is 3.74. The van der Waals surface area contributed by atoms with E-state index in [0.29, 0.717) is 12.5 Å². The van der Waals surface area contributed by atoms with Gasteiger partial charge in [0.25, 0.3) is 0 Å². The standard InChI is InChI=1S/C10H21N7/c1-3-4-6-12-10(15-11)13-7-5-9-14-8-17(2)16-9/h8H,3-7,11H2,1-2H3,(H2,12,13,15). The molecule has 0 spiro atoms. The molecular formula is C10H21N7. The summed E-state index contributed by atoms with van der Waals surface area (Å²) < 4.78 is 1.69. The first-order valence-electron chi connectivity index (χ1n) is 5.85. The maximum atomic E-state index is 5.36. The second kappa shape index (κ2) is 7.61. The molecule has 96 valence electrons. The molecule has 0 radical (unpaired) electrons. The van der Waals surface area contributed by atoms with Gasteiger partial charge in [0.2, 0.25) is 5.96 Å². The first kappa shape index (κ1) is 13.4. The number of hydrogen-bond donors (Lipinski definition) is 3. The van der Waals surface area contributed by atoms with Crippen LogP contribution in [0.4, 0.5) is 0 Å². The third kappa shape index (κ3) is 5.30. The van der Waals surface area contributed by atoms with Crippen LogP contribution in [-0.2, 0) is 13.5 Å². The quantitative estimate of drug-likeness (QED) is 0.206. The Bertz CT molecular complexity index is 344. The Morgan fingerprint density at radius 1 is 1.59 bits per heavy atom. The summed E-state index contributed by atoms with van der Waals surface area (Å²) in [5.41, 5.74) is 2.55. The largest absolute Gasteiger partial charge is 0.355 e. The van der Waals surface area contributed by atoms with Gasteiger partial charge in [-0.25, -0.2) is 10.8 Å². The molecule has 17 heavy (non-hydrogen) atoms. The van der Waals surface area contributed by atoms with Crippen molar-refractivity contribution in [2.75, 3.05) is 13.1 Å². The Morgan fingerprint density at radius 2 is 2.41 bits per heavy atom. The Kier molecular flexibility index (Phi) is 6.02. The fraction of sp³-hybridized carbons (Fsp3) is 0.700. The zero-order valence-corrected chi connectivity index (χ0v) is 10.5. The summed E-state index contributed by atoms with van der Waals surface area (Å²) in [6, 6.07) is 0. The number of nitrogens with two attached hydrogens (primary N) is 1.